The van der Waals surface area contributed by atoms with Gasteiger partial charge in [-0.1, -0.05) is 11.8 Å². The van der Waals surface area contributed by atoms with Crippen LogP contribution in [0, 0.1) is 0 Å². The van der Waals surface area contributed by atoms with Crippen molar-refractivity contribution in [2.24, 2.45) is 0 Å². The number of rotatable bonds is 3. The van der Waals surface area contributed by atoms with E-state index in [2.05, 4.69) is 9.97 Å². The predicted molar refractivity (Wildman–Crippen MR) is 68.6 cm³/mol. The van der Waals surface area contributed by atoms with Gasteiger partial charge in [0.1, 0.15) is 10.8 Å². The average Bonchev–Trinajstić information content (AvgIpc) is 2.38. The van der Waals surface area contributed by atoms with Crippen LogP contribution in [-0.2, 0) is 6.18 Å². The van der Waals surface area contributed by atoms with E-state index < -0.39 is 17.8 Å². The summed E-state index contributed by atoms with van der Waals surface area (Å²) in [5, 5.41) is 0.134. The largest absolute Gasteiger partial charge is 0.497 e. The molecule has 0 saturated carbocycles. The molecule has 0 atom stereocenters. The molecule has 0 spiro atoms. The molecule has 0 bridgehead atoms. The highest BCUT2D eigenvalue weighted by molar-refractivity contribution is 7.99. The molecule has 1 aromatic heterocycles. The minimum Gasteiger partial charge on any atom is -0.497 e. The van der Waals surface area contributed by atoms with Gasteiger partial charge in [0.05, 0.1) is 7.11 Å². The summed E-state index contributed by atoms with van der Waals surface area (Å²) in [6.07, 6.45) is -4.55. The van der Waals surface area contributed by atoms with E-state index in [-0.39, 0.29) is 5.03 Å². The van der Waals surface area contributed by atoms with E-state index in [1.165, 1.54) is 7.11 Å². The monoisotopic (exact) mass is 301 g/mol. The second kappa shape index (κ2) is 5.58. The third-order valence-electron chi connectivity index (χ3n) is 2.29. The van der Waals surface area contributed by atoms with E-state index >= 15 is 0 Å². The topological polar surface area (TPSA) is 61.0 Å². The Bertz CT molecular complexity index is 602. The van der Waals surface area contributed by atoms with Crippen LogP contribution in [0.25, 0.3) is 0 Å². The average molecular weight is 301 g/mol. The van der Waals surface area contributed by atoms with Gasteiger partial charge in [0.15, 0.2) is 5.69 Å². The van der Waals surface area contributed by atoms with Crippen LogP contribution < -0.4 is 10.5 Å². The van der Waals surface area contributed by atoms with Gasteiger partial charge >= 0.3 is 6.18 Å². The van der Waals surface area contributed by atoms with E-state index in [1.807, 2.05) is 0 Å². The molecular formula is C12H10F3N3OS. The van der Waals surface area contributed by atoms with Crippen LogP contribution in [-0.4, -0.2) is 17.1 Å². The van der Waals surface area contributed by atoms with Crippen molar-refractivity contribution in [1.29, 1.82) is 0 Å². The Morgan fingerprint density at radius 3 is 2.35 bits per heavy atom. The number of alkyl halides is 3. The number of anilines is 1. The van der Waals surface area contributed by atoms with Gasteiger partial charge < -0.3 is 10.5 Å². The molecule has 1 heterocycles. The molecule has 2 aromatic rings. The van der Waals surface area contributed by atoms with E-state index in [1.54, 1.807) is 24.3 Å². The molecule has 106 valence electrons. The Balaban J connectivity index is 2.26. The Kier molecular flexibility index (Phi) is 4.03. The van der Waals surface area contributed by atoms with Gasteiger partial charge in [0.2, 0.25) is 5.95 Å². The highest BCUT2D eigenvalue weighted by Crippen LogP contribution is 2.33. The summed E-state index contributed by atoms with van der Waals surface area (Å²) >= 11 is 1.06. The van der Waals surface area contributed by atoms with Gasteiger partial charge in [-0.15, -0.1) is 0 Å². The van der Waals surface area contributed by atoms with Crippen molar-refractivity contribution in [3.05, 3.63) is 36.0 Å². The van der Waals surface area contributed by atoms with Gasteiger partial charge in [-0.2, -0.15) is 13.2 Å². The first-order valence-corrected chi connectivity index (χ1v) is 6.24. The standard InChI is InChI=1S/C12H10F3N3OS/c1-19-7-2-4-8(5-3-7)20-10-6-9(12(13,14)15)17-11(16)18-10/h2-6H,1H3,(H2,16,17,18). The van der Waals surface area contributed by atoms with Crippen molar-refractivity contribution in [3.63, 3.8) is 0 Å². The molecule has 0 fully saturated rings. The van der Waals surface area contributed by atoms with Crippen LogP contribution in [0.4, 0.5) is 19.1 Å². The van der Waals surface area contributed by atoms with Crippen molar-refractivity contribution in [2.75, 3.05) is 12.8 Å². The maximum absolute atomic E-state index is 12.6. The van der Waals surface area contributed by atoms with E-state index in [0.29, 0.717) is 5.75 Å². The van der Waals surface area contributed by atoms with Crippen LogP contribution in [0.15, 0.2) is 40.3 Å². The first-order chi connectivity index (χ1) is 9.38. The summed E-state index contributed by atoms with van der Waals surface area (Å²) in [4.78, 5) is 7.69. The number of nitrogens with two attached hydrogens (primary N) is 1. The lowest BCUT2D eigenvalue weighted by atomic mass is 10.3. The number of methoxy groups -OCH3 is 1. The van der Waals surface area contributed by atoms with E-state index in [9.17, 15) is 13.2 Å². The SMILES string of the molecule is COc1ccc(Sc2cc(C(F)(F)F)nc(N)n2)cc1. The molecule has 2 rings (SSSR count). The number of halogens is 3. The summed E-state index contributed by atoms with van der Waals surface area (Å²) in [7, 11) is 1.53. The Hall–Kier alpha value is -1.96. The molecule has 0 aliphatic rings. The number of nitrogens with zero attached hydrogens (tertiary/aromatic N) is 2. The fourth-order valence-corrected chi connectivity index (χ4v) is 2.23. The molecule has 4 nitrogen and oxygen atoms in total. The zero-order chi connectivity index (χ0) is 14.8. The number of nitrogen functional groups attached to an aromatic ring is 1. The van der Waals surface area contributed by atoms with Crippen LogP contribution in [0.5, 0.6) is 5.75 Å². The summed E-state index contributed by atoms with van der Waals surface area (Å²) in [5.41, 5.74) is 4.25. The lowest BCUT2D eigenvalue weighted by Gasteiger charge is -2.08. The van der Waals surface area contributed by atoms with Gasteiger partial charge in [0.25, 0.3) is 0 Å². The van der Waals surface area contributed by atoms with Crippen molar-refractivity contribution in [1.82, 2.24) is 9.97 Å². The Morgan fingerprint density at radius 1 is 1.15 bits per heavy atom. The normalized spacial score (nSPS) is 11.4. The Morgan fingerprint density at radius 2 is 1.80 bits per heavy atom. The van der Waals surface area contributed by atoms with Gasteiger partial charge in [-0.05, 0) is 24.3 Å². The molecule has 0 aliphatic heterocycles. The third kappa shape index (κ3) is 3.53. The number of hydrogen-bond acceptors (Lipinski definition) is 5. The maximum Gasteiger partial charge on any atom is 0.433 e. The first-order valence-electron chi connectivity index (χ1n) is 5.42. The van der Waals surface area contributed by atoms with Crippen molar-refractivity contribution < 1.29 is 17.9 Å². The van der Waals surface area contributed by atoms with E-state index in [4.69, 9.17) is 10.5 Å². The van der Waals surface area contributed by atoms with Crippen molar-refractivity contribution in [2.45, 2.75) is 16.1 Å². The first kappa shape index (κ1) is 14.4. The molecule has 0 saturated heterocycles. The summed E-state index contributed by atoms with van der Waals surface area (Å²) < 4.78 is 42.8. The van der Waals surface area contributed by atoms with Crippen LogP contribution in [0.1, 0.15) is 5.69 Å². The highest BCUT2D eigenvalue weighted by Gasteiger charge is 2.33. The predicted octanol–water partition coefficient (Wildman–Crippen LogP) is 3.24. The third-order valence-corrected chi connectivity index (χ3v) is 3.22. The lowest BCUT2D eigenvalue weighted by molar-refractivity contribution is -0.141. The van der Waals surface area contributed by atoms with Crippen molar-refractivity contribution >= 4 is 17.7 Å². The van der Waals surface area contributed by atoms with Crippen molar-refractivity contribution in [3.8, 4) is 5.75 Å². The summed E-state index contributed by atoms with van der Waals surface area (Å²) in [5.74, 6) is 0.253. The molecule has 0 amide bonds. The zero-order valence-electron chi connectivity index (χ0n) is 10.3. The van der Waals surface area contributed by atoms with Gasteiger partial charge in [0, 0.05) is 11.0 Å². The van der Waals surface area contributed by atoms with Crippen LogP contribution in [0.2, 0.25) is 0 Å². The molecule has 0 aliphatic carbocycles. The van der Waals surface area contributed by atoms with Gasteiger partial charge in [-0.3, -0.25) is 0 Å². The molecule has 8 heteroatoms. The minimum atomic E-state index is -4.55. The zero-order valence-corrected chi connectivity index (χ0v) is 11.1. The number of aromatic nitrogens is 2. The number of benzene rings is 1. The quantitative estimate of drug-likeness (QED) is 0.882. The minimum absolute atomic E-state index is 0.134. The second-order valence-corrected chi connectivity index (χ2v) is 4.82. The van der Waals surface area contributed by atoms with E-state index in [0.717, 1.165) is 22.7 Å². The van der Waals surface area contributed by atoms with Crippen LogP contribution in [0.3, 0.4) is 0 Å². The fraction of sp³-hybridized carbons (Fsp3) is 0.167. The molecule has 1 aromatic carbocycles. The highest BCUT2D eigenvalue weighted by atomic mass is 32.2. The maximum atomic E-state index is 12.6. The van der Waals surface area contributed by atoms with Crippen LogP contribution >= 0.6 is 11.8 Å². The smallest absolute Gasteiger partial charge is 0.433 e. The Labute approximate surface area is 117 Å². The number of ether oxygens (including phenoxy) is 1. The number of hydrogen-bond donors (Lipinski definition) is 1. The molecule has 2 N–H and O–H groups in total. The summed E-state index contributed by atoms with van der Waals surface area (Å²) in [6.45, 7) is 0. The molecular weight excluding hydrogens is 291 g/mol. The molecule has 0 radical (unpaired) electrons. The lowest BCUT2D eigenvalue weighted by Crippen LogP contribution is -2.11. The fourth-order valence-electron chi connectivity index (χ4n) is 1.40. The summed E-state index contributed by atoms with van der Waals surface area (Å²) in [6, 6.07) is 7.71. The molecule has 20 heavy (non-hydrogen) atoms. The second-order valence-electron chi connectivity index (χ2n) is 3.72. The van der Waals surface area contributed by atoms with Gasteiger partial charge in [-0.25, -0.2) is 9.97 Å². The molecule has 0 unspecified atom stereocenters.